The molecule has 0 saturated carbocycles. The van der Waals surface area contributed by atoms with Crippen molar-refractivity contribution in [1.82, 2.24) is 0 Å². The average molecular weight is 1680 g/mol. The van der Waals surface area contributed by atoms with E-state index in [1.807, 2.05) is 0 Å². The third-order valence-corrected chi connectivity index (χ3v) is 27.4. The zero-order valence-electron chi connectivity index (χ0n) is 74.8. The summed E-state index contributed by atoms with van der Waals surface area (Å²) in [5.41, 5.74) is 42.3. The minimum Gasteiger partial charge on any atom is -0.310 e. The summed E-state index contributed by atoms with van der Waals surface area (Å²) < 4.78 is 0. The van der Waals surface area contributed by atoms with Crippen molar-refractivity contribution in [3.8, 4) is 122 Å². The number of fused-ring (bicyclic) bond motifs is 4. The molecular formula is C127H111N3. The number of aryl methyl sites for hydroxylation is 2. The summed E-state index contributed by atoms with van der Waals surface area (Å²) in [4.78, 5) is 7.34. The highest BCUT2D eigenvalue weighted by Crippen LogP contribution is 2.57. The second kappa shape index (κ2) is 38.9. The molecule has 18 aromatic carbocycles. The van der Waals surface area contributed by atoms with Crippen LogP contribution in [0.25, 0.3) is 122 Å². The number of hydrogen-bond acceptors (Lipinski definition) is 3. The van der Waals surface area contributed by atoms with Crippen molar-refractivity contribution in [3.63, 3.8) is 0 Å². The van der Waals surface area contributed by atoms with Gasteiger partial charge in [-0.15, -0.1) is 0 Å². The summed E-state index contributed by atoms with van der Waals surface area (Å²) in [5, 5.41) is 0. The van der Waals surface area contributed by atoms with E-state index in [-0.39, 0.29) is 5.41 Å². The fourth-order valence-electron chi connectivity index (χ4n) is 20.3. The number of anilines is 9. The fraction of sp³-hybridized carbons (Fsp3) is 0.150. The first-order valence-corrected chi connectivity index (χ1v) is 47.5. The lowest BCUT2D eigenvalue weighted by molar-refractivity contribution is 0.398. The van der Waals surface area contributed by atoms with Crippen molar-refractivity contribution in [2.45, 2.75) is 122 Å². The van der Waals surface area contributed by atoms with E-state index in [0.717, 1.165) is 97.2 Å². The van der Waals surface area contributed by atoms with Crippen molar-refractivity contribution in [3.05, 3.63) is 465 Å². The summed E-state index contributed by atoms with van der Waals surface area (Å²) in [6.45, 7) is 4.65. The monoisotopic (exact) mass is 1680 g/mol. The Balaban J connectivity index is 0.609. The van der Waals surface area contributed by atoms with Crippen LogP contribution in [0, 0.1) is 0 Å². The van der Waals surface area contributed by atoms with Gasteiger partial charge in [-0.25, -0.2) is 0 Å². The van der Waals surface area contributed by atoms with Gasteiger partial charge in [0.25, 0.3) is 0 Å². The predicted octanol–water partition coefficient (Wildman–Crippen LogP) is 36.6. The van der Waals surface area contributed by atoms with E-state index in [9.17, 15) is 0 Å². The molecule has 0 spiro atoms. The van der Waals surface area contributed by atoms with Crippen LogP contribution in [0.2, 0.25) is 0 Å². The topological polar surface area (TPSA) is 9.72 Å². The molecule has 20 rings (SSSR count). The van der Waals surface area contributed by atoms with Crippen molar-refractivity contribution >= 4 is 51.2 Å². The molecule has 130 heavy (non-hydrogen) atoms. The highest BCUT2D eigenvalue weighted by molar-refractivity contribution is 5.93. The van der Waals surface area contributed by atoms with Gasteiger partial charge in [0.15, 0.2) is 0 Å². The first kappa shape index (κ1) is 83.6. The van der Waals surface area contributed by atoms with E-state index in [4.69, 9.17) is 0 Å². The van der Waals surface area contributed by atoms with Crippen LogP contribution >= 0.6 is 0 Å². The van der Waals surface area contributed by atoms with E-state index in [1.165, 1.54) is 201 Å². The third kappa shape index (κ3) is 18.0. The number of benzene rings is 18. The molecule has 2 aliphatic rings. The van der Waals surface area contributed by atoms with Crippen molar-refractivity contribution in [2.75, 3.05) is 14.7 Å². The van der Waals surface area contributed by atoms with Gasteiger partial charge in [0.05, 0.1) is 0 Å². The number of hydrogen-bond donors (Lipinski definition) is 0. The van der Waals surface area contributed by atoms with Crippen LogP contribution in [-0.4, -0.2) is 0 Å². The molecule has 3 nitrogen and oxygen atoms in total. The summed E-state index contributed by atoms with van der Waals surface area (Å²) in [6, 6.07) is 165. The summed E-state index contributed by atoms with van der Waals surface area (Å²) in [6.07, 6.45) is 20.1. The highest BCUT2D eigenvalue weighted by Gasteiger charge is 2.43. The predicted molar refractivity (Wildman–Crippen MR) is 554 cm³/mol. The number of unbranched alkanes of at least 4 members (excludes halogenated alkanes) is 10. The lowest BCUT2D eigenvalue weighted by Crippen LogP contribution is -2.26. The van der Waals surface area contributed by atoms with Gasteiger partial charge < -0.3 is 14.7 Å². The van der Waals surface area contributed by atoms with Crippen LogP contribution < -0.4 is 14.7 Å². The molecule has 0 fully saturated rings. The maximum Gasteiger partial charge on any atom is 0.0468 e. The van der Waals surface area contributed by atoms with Crippen LogP contribution in [0.3, 0.4) is 0 Å². The van der Waals surface area contributed by atoms with Crippen LogP contribution in [-0.2, 0) is 18.3 Å². The maximum absolute atomic E-state index is 2.61. The van der Waals surface area contributed by atoms with E-state index in [2.05, 4.69) is 471 Å². The first-order valence-electron chi connectivity index (χ1n) is 47.5. The van der Waals surface area contributed by atoms with Crippen LogP contribution in [0.5, 0.6) is 0 Å². The van der Waals surface area contributed by atoms with Gasteiger partial charge in [-0.1, -0.05) is 406 Å². The molecule has 2 aliphatic carbocycles. The Labute approximate surface area is 770 Å². The number of rotatable bonds is 33. The van der Waals surface area contributed by atoms with E-state index >= 15 is 0 Å². The Hall–Kier alpha value is -14.6. The van der Waals surface area contributed by atoms with E-state index < -0.39 is 0 Å². The molecule has 0 aliphatic heterocycles. The molecule has 18 aromatic rings. The van der Waals surface area contributed by atoms with Crippen LogP contribution in [0.4, 0.5) is 51.2 Å². The van der Waals surface area contributed by atoms with Crippen molar-refractivity contribution < 1.29 is 0 Å². The summed E-state index contributed by atoms with van der Waals surface area (Å²) in [7, 11) is 0. The minimum atomic E-state index is -0.0466. The molecule has 0 unspecified atom stereocenters. The molecule has 0 atom stereocenters. The molecule has 0 N–H and O–H groups in total. The van der Waals surface area contributed by atoms with Crippen LogP contribution in [0.1, 0.15) is 126 Å². The molecule has 634 valence electrons. The van der Waals surface area contributed by atoms with Gasteiger partial charge in [-0.3, -0.25) is 0 Å². The second-order valence-electron chi connectivity index (χ2n) is 35.6. The molecule has 0 heterocycles. The molecular weight excluding hydrogens is 1570 g/mol. The van der Waals surface area contributed by atoms with Gasteiger partial charge in [0, 0.05) is 56.6 Å². The molecule has 0 amide bonds. The average Bonchev–Trinajstić information content (AvgIpc) is 1.56. The van der Waals surface area contributed by atoms with Gasteiger partial charge in [0.1, 0.15) is 0 Å². The fourth-order valence-corrected chi connectivity index (χ4v) is 20.3. The van der Waals surface area contributed by atoms with Gasteiger partial charge in [-0.2, -0.15) is 0 Å². The Bertz CT molecular complexity index is 6850. The van der Waals surface area contributed by atoms with Gasteiger partial charge in [-0.05, 0) is 298 Å². The Morgan fingerprint density at radius 2 is 0.431 bits per heavy atom. The van der Waals surface area contributed by atoms with Crippen LogP contribution in [0.15, 0.2) is 443 Å². The Morgan fingerprint density at radius 3 is 0.808 bits per heavy atom. The normalized spacial score (nSPS) is 12.2. The standard InChI is InChI=1S/C127H111N3/c1-3-5-7-9-11-27-84-127(85-28-12-10-8-6-4-2)125-47-26-25-46-122(125)123-83-81-120(91-126(123)127)130(116-67-54-96(55-68-116)93-34-19-14-20-35-93)117-77-64-102(65-78-117)110-45-31-44-109(88-110)101-62-75-115(76-63-101)129(119-80-82-121(124(90-119)103-38-23-16-24-39-103)104-51-48-95(49-52-104)92-32-17-13-18-33-92)114-73-60-100(61-74-114)108-43-30-42-107(87-108)99-58-71-113(72-59-99)128(118-79-66-97-50-53-111(97)89-118)112-69-56-98(57-70-112)106-41-29-40-105(86-106)94-36-21-15-22-37-94/h13-26,29-49,51-52,54-83,86-91H,3-12,27-28,50,53,84-85H2,1-2H3. The van der Waals surface area contributed by atoms with Crippen molar-refractivity contribution in [1.29, 1.82) is 0 Å². The minimum absolute atomic E-state index is 0.0466. The van der Waals surface area contributed by atoms with E-state index in [1.54, 1.807) is 0 Å². The van der Waals surface area contributed by atoms with Gasteiger partial charge in [0.2, 0.25) is 0 Å². The zero-order valence-corrected chi connectivity index (χ0v) is 74.8. The maximum atomic E-state index is 2.61. The lowest BCUT2D eigenvalue weighted by Gasteiger charge is -2.34. The van der Waals surface area contributed by atoms with Gasteiger partial charge >= 0.3 is 0 Å². The SMILES string of the molecule is CCCCCCCCC1(CCCCCCCC)c2ccccc2-c2ccc(N(c3ccc(-c4ccccc4)cc3)c3ccc(-c4cccc(-c5ccc(N(c6ccc(-c7cccc(-c8ccc(N(c9ccc(-c%10cccc(-c%11ccccc%11)c%10)cc9)c9ccc%10c(c9)CC%10)cc8)c7)cc6)c6ccc(-c7ccc(-c8ccccc8)cc7)c(-c7ccccc7)c6)cc5)c4)cc3)cc21. The summed E-state index contributed by atoms with van der Waals surface area (Å²) >= 11 is 0. The first-order chi connectivity index (χ1) is 64.3. The third-order valence-electron chi connectivity index (χ3n) is 27.4. The highest BCUT2D eigenvalue weighted by atomic mass is 15.2. The van der Waals surface area contributed by atoms with Crippen molar-refractivity contribution in [2.24, 2.45) is 0 Å². The second-order valence-corrected chi connectivity index (χ2v) is 35.6. The molecule has 3 heteroatoms. The largest absolute Gasteiger partial charge is 0.310 e. The molecule has 0 saturated heterocycles. The zero-order chi connectivity index (χ0) is 87.4. The Kier molecular flexibility index (Phi) is 25.0. The Morgan fingerprint density at radius 1 is 0.169 bits per heavy atom. The number of nitrogens with zero attached hydrogens (tertiary/aromatic N) is 3. The summed E-state index contributed by atoms with van der Waals surface area (Å²) in [5.74, 6) is 0. The lowest BCUT2D eigenvalue weighted by atomic mass is 9.70. The quantitative estimate of drug-likeness (QED) is 0.0380. The molecule has 0 bridgehead atoms. The smallest absolute Gasteiger partial charge is 0.0468 e. The molecule has 0 radical (unpaired) electrons. The van der Waals surface area contributed by atoms with E-state index in [0.29, 0.717) is 0 Å². The molecule has 0 aromatic heterocycles.